The second-order valence-corrected chi connectivity index (χ2v) is 5.45. The summed E-state index contributed by atoms with van der Waals surface area (Å²) in [4.78, 5) is 0. The molecule has 0 saturated heterocycles. The third kappa shape index (κ3) is 2.17. The molecule has 1 atom stereocenters. The van der Waals surface area contributed by atoms with E-state index in [1.165, 1.54) is 31.2 Å². The van der Waals surface area contributed by atoms with Gasteiger partial charge < -0.3 is 5.73 Å². The first-order chi connectivity index (χ1) is 7.09. The summed E-state index contributed by atoms with van der Waals surface area (Å²) in [6.07, 6.45) is 5.44. The highest BCUT2D eigenvalue weighted by Crippen LogP contribution is 2.46. The first-order valence-electron chi connectivity index (χ1n) is 5.95. The molecule has 1 aromatic rings. The fourth-order valence-electron chi connectivity index (χ4n) is 2.84. The topological polar surface area (TPSA) is 26.0 Å². The summed E-state index contributed by atoms with van der Waals surface area (Å²) < 4.78 is 0. The standard InChI is InChI=1S/C14H21N/c1-14(2)10-4-3-5-13(14)11-6-8-12(15)9-7-11/h6-9,13H,3-5,10,15H2,1-2H3/t13-/m0/s1. The lowest BCUT2D eigenvalue weighted by Crippen LogP contribution is -2.25. The minimum atomic E-state index is 0.453. The largest absolute Gasteiger partial charge is 0.399 e. The molecule has 0 aromatic heterocycles. The van der Waals surface area contributed by atoms with Gasteiger partial charge in [-0.25, -0.2) is 0 Å². The Labute approximate surface area is 92.7 Å². The van der Waals surface area contributed by atoms with Crippen molar-refractivity contribution >= 4 is 5.69 Å². The summed E-state index contributed by atoms with van der Waals surface area (Å²) in [5, 5.41) is 0. The average Bonchev–Trinajstić information content (AvgIpc) is 2.19. The van der Waals surface area contributed by atoms with Crippen molar-refractivity contribution in [2.45, 2.75) is 45.4 Å². The molecular formula is C14H21N. The first kappa shape index (κ1) is 10.5. The zero-order valence-electron chi connectivity index (χ0n) is 9.79. The van der Waals surface area contributed by atoms with E-state index >= 15 is 0 Å². The Morgan fingerprint density at radius 1 is 1.13 bits per heavy atom. The fourth-order valence-corrected chi connectivity index (χ4v) is 2.84. The quantitative estimate of drug-likeness (QED) is 0.687. The molecular weight excluding hydrogens is 182 g/mol. The number of rotatable bonds is 1. The van der Waals surface area contributed by atoms with Crippen molar-refractivity contribution in [1.29, 1.82) is 0 Å². The maximum Gasteiger partial charge on any atom is 0.0314 e. The fraction of sp³-hybridized carbons (Fsp3) is 0.571. The molecule has 2 rings (SSSR count). The number of hydrogen-bond acceptors (Lipinski definition) is 1. The molecule has 82 valence electrons. The molecule has 1 aliphatic carbocycles. The molecule has 15 heavy (non-hydrogen) atoms. The van der Waals surface area contributed by atoms with Crippen molar-refractivity contribution in [3.63, 3.8) is 0 Å². The van der Waals surface area contributed by atoms with Gasteiger partial charge in [0.05, 0.1) is 0 Å². The third-order valence-corrected chi connectivity index (χ3v) is 3.85. The predicted octanol–water partition coefficient (Wildman–Crippen LogP) is 3.95. The molecule has 0 unspecified atom stereocenters. The number of hydrogen-bond donors (Lipinski definition) is 1. The zero-order valence-corrected chi connectivity index (χ0v) is 9.79. The number of benzene rings is 1. The van der Waals surface area contributed by atoms with Crippen LogP contribution in [0.4, 0.5) is 5.69 Å². The molecule has 1 aliphatic rings. The van der Waals surface area contributed by atoms with E-state index in [9.17, 15) is 0 Å². The number of nitrogens with two attached hydrogens (primary N) is 1. The van der Waals surface area contributed by atoms with E-state index < -0.39 is 0 Å². The lowest BCUT2D eigenvalue weighted by Gasteiger charge is -2.39. The van der Waals surface area contributed by atoms with Crippen molar-refractivity contribution in [3.8, 4) is 0 Å². The molecule has 0 spiro atoms. The lowest BCUT2D eigenvalue weighted by atomic mass is 9.66. The van der Waals surface area contributed by atoms with E-state index in [1.807, 2.05) is 12.1 Å². The van der Waals surface area contributed by atoms with Gasteiger partial charge in [-0.05, 0) is 41.9 Å². The molecule has 0 aliphatic heterocycles. The zero-order chi connectivity index (χ0) is 10.9. The molecule has 0 bridgehead atoms. The highest BCUT2D eigenvalue weighted by molar-refractivity contribution is 5.40. The van der Waals surface area contributed by atoms with Gasteiger partial charge in [0, 0.05) is 5.69 Å². The van der Waals surface area contributed by atoms with Crippen LogP contribution in [0.15, 0.2) is 24.3 Å². The highest BCUT2D eigenvalue weighted by atomic mass is 14.5. The van der Waals surface area contributed by atoms with Crippen LogP contribution in [0.2, 0.25) is 0 Å². The van der Waals surface area contributed by atoms with Crippen LogP contribution in [0.3, 0.4) is 0 Å². The first-order valence-corrected chi connectivity index (χ1v) is 5.95. The molecule has 1 heteroatoms. The molecule has 2 N–H and O–H groups in total. The summed E-state index contributed by atoms with van der Waals surface area (Å²) in [7, 11) is 0. The Hall–Kier alpha value is -0.980. The highest BCUT2D eigenvalue weighted by Gasteiger charge is 2.32. The van der Waals surface area contributed by atoms with Gasteiger partial charge in [0.25, 0.3) is 0 Å². The molecule has 0 heterocycles. The van der Waals surface area contributed by atoms with Crippen LogP contribution in [-0.2, 0) is 0 Å². The third-order valence-electron chi connectivity index (χ3n) is 3.85. The summed E-state index contributed by atoms with van der Waals surface area (Å²) in [6, 6.07) is 8.46. The van der Waals surface area contributed by atoms with E-state index in [2.05, 4.69) is 26.0 Å². The normalized spacial score (nSPS) is 25.1. The summed E-state index contributed by atoms with van der Waals surface area (Å²) in [5.41, 5.74) is 8.51. The Balaban J connectivity index is 2.25. The number of anilines is 1. The molecule has 0 amide bonds. The van der Waals surface area contributed by atoms with Gasteiger partial charge in [0.15, 0.2) is 0 Å². The van der Waals surface area contributed by atoms with E-state index in [-0.39, 0.29) is 0 Å². The van der Waals surface area contributed by atoms with Gasteiger partial charge in [-0.15, -0.1) is 0 Å². The second kappa shape index (κ2) is 3.88. The Kier molecular flexibility index (Phi) is 2.72. The minimum absolute atomic E-state index is 0.453. The second-order valence-electron chi connectivity index (χ2n) is 5.45. The summed E-state index contributed by atoms with van der Waals surface area (Å²) >= 11 is 0. The van der Waals surface area contributed by atoms with E-state index in [0.29, 0.717) is 11.3 Å². The van der Waals surface area contributed by atoms with Crippen LogP contribution < -0.4 is 5.73 Å². The maximum atomic E-state index is 5.72. The summed E-state index contributed by atoms with van der Waals surface area (Å²) in [6.45, 7) is 4.79. The Bertz CT molecular complexity index is 324. The predicted molar refractivity (Wildman–Crippen MR) is 65.8 cm³/mol. The lowest BCUT2D eigenvalue weighted by molar-refractivity contribution is 0.199. The summed E-state index contributed by atoms with van der Waals surface area (Å²) in [5.74, 6) is 0.715. The van der Waals surface area contributed by atoms with Crippen LogP contribution in [0.5, 0.6) is 0 Å². The van der Waals surface area contributed by atoms with Crippen LogP contribution in [-0.4, -0.2) is 0 Å². The van der Waals surface area contributed by atoms with Crippen molar-refractivity contribution in [1.82, 2.24) is 0 Å². The Morgan fingerprint density at radius 2 is 1.80 bits per heavy atom. The maximum absolute atomic E-state index is 5.72. The van der Waals surface area contributed by atoms with Crippen LogP contribution >= 0.6 is 0 Å². The van der Waals surface area contributed by atoms with Crippen molar-refractivity contribution in [2.75, 3.05) is 5.73 Å². The van der Waals surface area contributed by atoms with E-state index in [0.717, 1.165) is 5.69 Å². The van der Waals surface area contributed by atoms with Gasteiger partial charge in [-0.1, -0.05) is 38.8 Å². The molecule has 1 fully saturated rings. The van der Waals surface area contributed by atoms with Crippen molar-refractivity contribution < 1.29 is 0 Å². The molecule has 1 saturated carbocycles. The van der Waals surface area contributed by atoms with Crippen molar-refractivity contribution in [2.24, 2.45) is 5.41 Å². The van der Waals surface area contributed by atoms with Gasteiger partial charge in [0.2, 0.25) is 0 Å². The number of nitrogen functional groups attached to an aromatic ring is 1. The SMILES string of the molecule is CC1(C)CCCC[C@H]1c1ccc(N)cc1. The van der Waals surface area contributed by atoms with Gasteiger partial charge in [-0.2, -0.15) is 0 Å². The minimum Gasteiger partial charge on any atom is -0.399 e. The van der Waals surface area contributed by atoms with Crippen LogP contribution in [0, 0.1) is 5.41 Å². The smallest absolute Gasteiger partial charge is 0.0314 e. The van der Waals surface area contributed by atoms with Gasteiger partial charge in [-0.3, -0.25) is 0 Å². The molecule has 1 nitrogen and oxygen atoms in total. The van der Waals surface area contributed by atoms with E-state index in [1.54, 1.807) is 0 Å². The van der Waals surface area contributed by atoms with Gasteiger partial charge in [0.1, 0.15) is 0 Å². The van der Waals surface area contributed by atoms with Gasteiger partial charge >= 0.3 is 0 Å². The Morgan fingerprint density at radius 3 is 2.40 bits per heavy atom. The van der Waals surface area contributed by atoms with E-state index in [4.69, 9.17) is 5.73 Å². The van der Waals surface area contributed by atoms with Crippen LogP contribution in [0.25, 0.3) is 0 Å². The molecule has 0 radical (unpaired) electrons. The average molecular weight is 203 g/mol. The monoisotopic (exact) mass is 203 g/mol. The van der Waals surface area contributed by atoms with Crippen molar-refractivity contribution in [3.05, 3.63) is 29.8 Å². The molecule has 1 aromatic carbocycles. The van der Waals surface area contributed by atoms with Crippen LogP contribution in [0.1, 0.15) is 51.0 Å².